The average Bonchev–Trinajstić information content (AvgIpc) is 2.71. The van der Waals surface area contributed by atoms with Crippen LogP contribution in [0, 0.1) is 6.92 Å². The molecule has 0 bridgehead atoms. The van der Waals surface area contributed by atoms with Crippen molar-refractivity contribution >= 4 is 31.8 Å². The number of carbonyl (C=O) groups is 2. The Bertz CT molecular complexity index is 744. The van der Waals surface area contributed by atoms with Crippen LogP contribution in [-0.2, 0) is 19.1 Å². The fourth-order valence-corrected chi connectivity index (χ4v) is 2.76. The van der Waals surface area contributed by atoms with E-state index in [0.29, 0.717) is 13.2 Å². The lowest BCUT2D eigenvalue weighted by atomic mass is 10.2. The lowest BCUT2D eigenvalue weighted by Crippen LogP contribution is -2.26. The van der Waals surface area contributed by atoms with Gasteiger partial charge in [-0.2, -0.15) is 0 Å². The molecule has 30 heavy (non-hydrogen) atoms. The van der Waals surface area contributed by atoms with E-state index < -0.39 is 11.9 Å². The van der Waals surface area contributed by atoms with E-state index in [9.17, 15) is 9.59 Å². The summed E-state index contributed by atoms with van der Waals surface area (Å²) in [6.07, 6.45) is 4.21. The number of hydrogen-bond acceptors (Lipinski definition) is 4. The molecule has 0 amide bonds. The van der Waals surface area contributed by atoms with E-state index in [1.54, 1.807) is 13.8 Å². The van der Waals surface area contributed by atoms with Gasteiger partial charge >= 0.3 is 11.9 Å². The van der Waals surface area contributed by atoms with Crippen molar-refractivity contribution in [2.24, 2.45) is 0 Å². The molecule has 0 unspecified atom stereocenters. The van der Waals surface area contributed by atoms with E-state index in [2.05, 4.69) is 71.0 Å². The van der Waals surface area contributed by atoms with Crippen molar-refractivity contribution in [2.75, 3.05) is 13.2 Å². The van der Waals surface area contributed by atoms with Gasteiger partial charge in [0.2, 0.25) is 0 Å². The van der Waals surface area contributed by atoms with Gasteiger partial charge in [0.15, 0.2) is 0 Å². The molecule has 7 heteroatoms. The minimum atomic E-state index is -0.988. The van der Waals surface area contributed by atoms with Gasteiger partial charge in [-0.05, 0) is 20.8 Å². The number of aliphatic carboxylic acids is 2. The van der Waals surface area contributed by atoms with E-state index in [4.69, 9.17) is 10.2 Å². The third-order valence-electron chi connectivity index (χ3n) is 3.06. The molecule has 0 aromatic heterocycles. The van der Waals surface area contributed by atoms with Gasteiger partial charge in [-0.25, -0.2) is 9.59 Å². The average molecular weight is 429 g/mol. The third-order valence-corrected chi connectivity index (χ3v) is 4.31. The topological polar surface area (TPSA) is 93.1 Å². The summed E-state index contributed by atoms with van der Waals surface area (Å²) in [5, 5.41) is 18.8. The van der Waals surface area contributed by atoms with E-state index in [1.807, 2.05) is 0 Å². The highest BCUT2D eigenvalue weighted by Gasteiger charge is 1.96. The van der Waals surface area contributed by atoms with Gasteiger partial charge in [0.1, 0.15) is 9.52 Å². The minimum absolute atomic E-state index is 0.504. The highest BCUT2D eigenvalue weighted by molar-refractivity contribution is 6.67. The molecule has 0 saturated heterocycles. The summed E-state index contributed by atoms with van der Waals surface area (Å²) >= 11 is 0. The van der Waals surface area contributed by atoms with Gasteiger partial charge in [0.25, 0.3) is 0 Å². The Morgan fingerprint density at radius 1 is 0.800 bits per heavy atom. The second-order valence-corrected chi connectivity index (χ2v) is 6.95. The summed E-state index contributed by atoms with van der Waals surface area (Å²) in [5.74, 6) is -1.98. The van der Waals surface area contributed by atoms with Crippen LogP contribution in [0.3, 0.4) is 0 Å². The number of ether oxygens (including phenoxy) is 2. The molecule has 0 spiro atoms. The number of carboxylic acids is 2. The van der Waals surface area contributed by atoms with Gasteiger partial charge in [0.05, 0.1) is 37.9 Å². The first-order valence-corrected chi connectivity index (χ1v) is 10.3. The Morgan fingerprint density at radius 2 is 1.23 bits per heavy atom. The predicted octanol–water partition coefficient (Wildman–Crippen LogP) is 2.89. The van der Waals surface area contributed by atoms with E-state index in [0.717, 1.165) is 34.2 Å². The smallest absolute Gasteiger partial charge is 0.331 e. The maximum absolute atomic E-state index is 9.71. The van der Waals surface area contributed by atoms with Crippen molar-refractivity contribution in [3.05, 3.63) is 84.8 Å². The number of hydrogen-bond donors (Lipinski definition) is 2. The Balaban J connectivity index is 0.000000456. The first-order valence-electron chi connectivity index (χ1n) is 9.29. The Hall–Kier alpha value is -3.32. The van der Waals surface area contributed by atoms with E-state index in [1.165, 1.54) is 15.9 Å². The predicted molar refractivity (Wildman–Crippen MR) is 119 cm³/mol. The van der Waals surface area contributed by atoms with E-state index >= 15 is 0 Å². The largest absolute Gasteiger partial charge is 0.501 e. The van der Waals surface area contributed by atoms with Crippen LogP contribution in [0.2, 0.25) is 0 Å². The van der Waals surface area contributed by atoms with Crippen LogP contribution >= 0.6 is 0 Å². The van der Waals surface area contributed by atoms with Gasteiger partial charge in [0, 0.05) is 0 Å². The molecule has 2 aromatic carbocycles. The summed E-state index contributed by atoms with van der Waals surface area (Å²) in [6.45, 7) is 6.70. The van der Waals surface area contributed by atoms with Crippen LogP contribution in [0.5, 0.6) is 0 Å². The Kier molecular flexibility index (Phi) is 15.8. The summed E-state index contributed by atoms with van der Waals surface area (Å²) in [6, 6.07) is 19.4. The maximum atomic E-state index is 9.71. The quantitative estimate of drug-likeness (QED) is 0.382. The first-order chi connectivity index (χ1) is 14.4. The molecule has 0 heterocycles. The lowest BCUT2D eigenvalue weighted by Gasteiger charge is -2.00. The summed E-state index contributed by atoms with van der Waals surface area (Å²) in [4.78, 5) is 19.4. The molecule has 2 radical (unpaired) electrons. The fraction of sp³-hybridized carbons (Fsp3) is 0.217. The fourth-order valence-electron chi connectivity index (χ4n) is 1.73. The molecular weight excluding hydrogens is 400 g/mol. The van der Waals surface area contributed by atoms with Crippen LogP contribution in [0.1, 0.15) is 19.4 Å². The highest BCUT2D eigenvalue weighted by atomic mass is 28.2. The number of aryl methyl sites for hydroxylation is 1. The summed E-state index contributed by atoms with van der Waals surface area (Å²) < 4.78 is 9.17. The molecule has 0 fully saturated rings. The minimum Gasteiger partial charge on any atom is -0.501 e. The molecule has 6 nitrogen and oxygen atoms in total. The summed E-state index contributed by atoms with van der Waals surface area (Å²) in [7, 11) is 0.773. The van der Waals surface area contributed by atoms with Gasteiger partial charge < -0.3 is 19.7 Å². The molecule has 2 aromatic rings. The molecule has 0 saturated carbocycles. The van der Waals surface area contributed by atoms with Crippen molar-refractivity contribution in [1.82, 2.24) is 0 Å². The van der Waals surface area contributed by atoms with Crippen LogP contribution in [-0.4, -0.2) is 44.9 Å². The van der Waals surface area contributed by atoms with Gasteiger partial charge in [-0.15, -0.1) is 0 Å². The highest BCUT2D eigenvalue weighted by Crippen LogP contribution is 1.92. The molecule has 2 rings (SSSR count). The van der Waals surface area contributed by atoms with Crippen molar-refractivity contribution in [1.29, 1.82) is 0 Å². The third kappa shape index (κ3) is 16.8. The maximum Gasteiger partial charge on any atom is 0.331 e. The molecule has 0 aliphatic carbocycles. The number of carboxylic acid groups (broad SMARTS) is 2. The number of rotatable bonds is 8. The molecule has 0 atom stereocenters. The summed E-state index contributed by atoms with van der Waals surface area (Å²) in [5.41, 5.74) is 1.33. The van der Waals surface area contributed by atoms with Crippen molar-refractivity contribution < 1.29 is 29.3 Å². The van der Waals surface area contributed by atoms with Gasteiger partial charge in [-0.3, -0.25) is 0 Å². The Labute approximate surface area is 180 Å². The monoisotopic (exact) mass is 428 g/mol. The van der Waals surface area contributed by atoms with Crippen molar-refractivity contribution in [2.45, 2.75) is 20.8 Å². The second-order valence-electron chi connectivity index (χ2n) is 5.55. The van der Waals surface area contributed by atoms with Crippen LogP contribution in [0.25, 0.3) is 0 Å². The zero-order valence-corrected chi connectivity index (χ0v) is 18.4. The SMILES string of the molecule is CCOC=CC(=O)O.CCOC=CC(=O)O.Cc1ccc([Si]c2ccccc2)cc1. The normalized spacial score (nSPS) is 9.83. The molecule has 0 aliphatic rings. The zero-order valence-electron chi connectivity index (χ0n) is 17.4. The molecule has 2 N–H and O–H groups in total. The Morgan fingerprint density at radius 3 is 1.63 bits per heavy atom. The van der Waals surface area contributed by atoms with Crippen LogP contribution in [0.4, 0.5) is 0 Å². The van der Waals surface area contributed by atoms with Gasteiger partial charge in [-0.1, -0.05) is 70.5 Å². The molecule has 0 aliphatic heterocycles. The zero-order chi connectivity index (χ0) is 22.6. The molecular formula is C23H28O6Si. The van der Waals surface area contributed by atoms with Crippen LogP contribution < -0.4 is 10.4 Å². The molecule has 160 valence electrons. The lowest BCUT2D eigenvalue weighted by molar-refractivity contribution is -0.132. The van der Waals surface area contributed by atoms with E-state index in [-0.39, 0.29) is 0 Å². The second kappa shape index (κ2) is 17.8. The van der Waals surface area contributed by atoms with Crippen molar-refractivity contribution in [3.8, 4) is 0 Å². The first kappa shape index (κ1) is 26.7. The van der Waals surface area contributed by atoms with Crippen molar-refractivity contribution in [3.63, 3.8) is 0 Å². The number of benzene rings is 2. The standard InChI is InChI=1S/C13H12Si.2C5H8O3/c1-11-7-9-13(10-8-11)14-12-5-3-2-4-6-12;2*1-2-8-4-3-5(6)7/h2-10H,1H3;2*3-4H,2H2,1H3,(H,6,7). The van der Waals surface area contributed by atoms with Crippen LogP contribution in [0.15, 0.2) is 79.3 Å².